The van der Waals surface area contributed by atoms with Gasteiger partial charge in [0.1, 0.15) is 17.9 Å². The van der Waals surface area contributed by atoms with Crippen LogP contribution >= 0.6 is 0 Å². The Bertz CT molecular complexity index is 1320. The van der Waals surface area contributed by atoms with Crippen molar-refractivity contribution >= 4 is 39.9 Å². The van der Waals surface area contributed by atoms with E-state index in [1.54, 1.807) is 36.4 Å². The van der Waals surface area contributed by atoms with Gasteiger partial charge in [-0.15, -0.1) is 0 Å². The summed E-state index contributed by atoms with van der Waals surface area (Å²) < 4.78 is 0. The number of nitrogens with one attached hydrogen (secondary N) is 3. The number of rotatable bonds is 10. The van der Waals surface area contributed by atoms with E-state index in [4.69, 9.17) is 16.9 Å². The molecule has 1 aliphatic rings. The molecule has 180 valence electrons. The van der Waals surface area contributed by atoms with Gasteiger partial charge in [0.05, 0.1) is 17.1 Å². The lowest BCUT2D eigenvalue weighted by Gasteiger charge is -2.21. The maximum absolute atomic E-state index is 12.5. The molecular weight excluding hydrogens is 446 g/mol. The van der Waals surface area contributed by atoms with E-state index in [1.165, 1.54) is 12.4 Å². The number of hydrogen-bond donors (Lipinski definition) is 6. The van der Waals surface area contributed by atoms with Gasteiger partial charge in [0.25, 0.3) is 11.8 Å². The SMILES string of the molecule is N=C(C=C(N)C1CC1)C(=O)Nc1cccc(C(CCO)Nc2ncnc3c(C(N)=O)cccc23)c1. The molecule has 0 bridgehead atoms. The number of benzene rings is 2. The molecule has 4 rings (SSSR count). The summed E-state index contributed by atoms with van der Waals surface area (Å²) in [4.78, 5) is 32.8. The monoisotopic (exact) mass is 473 g/mol. The van der Waals surface area contributed by atoms with Gasteiger partial charge in [-0.3, -0.25) is 15.0 Å². The first kappa shape index (κ1) is 23.8. The average molecular weight is 474 g/mol. The van der Waals surface area contributed by atoms with Gasteiger partial charge in [-0.2, -0.15) is 0 Å². The summed E-state index contributed by atoms with van der Waals surface area (Å²) in [6, 6.07) is 11.8. The van der Waals surface area contributed by atoms with Crippen LogP contribution in [0.5, 0.6) is 0 Å². The Hall–Kier alpha value is -4.31. The number of nitrogens with zero attached hydrogens (tertiary/aromatic N) is 2. The van der Waals surface area contributed by atoms with Gasteiger partial charge in [0.2, 0.25) is 0 Å². The summed E-state index contributed by atoms with van der Waals surface area (Å²) >= 11 is 0. The van der Waals surface area contributed by atoms with E-state index in [0.717, 1.165) is 18.4 Å². The fourth-order valence-electron chi connectivity index (χ4n) is 3.82. The van der Waals surface area contributed by atoms with E-state index in [0.29, 0.717) is 34.5 Å². The zero-order chi connectivity index (χ0) is 24.9. The Morgan fingerprint density at radius 2 is 1.94 bits per heavy atom. The largest absolute Gasteiger partial charge is 0.402 e. The molecule has 1 atom stereocenters. The first-order valence-electron chi connectivity index (χ1n) is 11.2. The number of aliphatic hydroxyl groups excluding tert-OH is 1. The molecule has 8 N–H and O–H groups in total. The van der Waals surface area contributed by atoms with Crippen molar-refractivity contribution in [3.05, 3.63) is 71.7 Å². The number of hydrogen-bond acceptors (Lipinski definition) is 8. The molecule has 0 radical (unpaired) electrons. The topological polar surface area (TPSA) is 180 Å². The molecule has 1 aromatic heterocycles. The second-order valence-electron chi connectivity index (χ2n) is 8.41. The number of carbonyl (C=O) groups is 2. The number of amides is 2. The molecule has 1 saturated carbocycles. The number of nitrogens with two attached hydrogens (primary N) is 2. The summed E-state index contributed by atoms with van der Waals surface area (Å²) in [5, 5.41) is 24.3. The summed E-state index contributed by atoms with van der Waals surface area (Å²) in [6.45, 7) is -0.0975. The maximum atomic E-state index is 12.5. The van der Waals surface area contributed by atoms with Crippen LogP contribution in [0.2, 0.25) is 0 Å². The molecule has 0 aliphatic heterocycles. The molecule has 35 heavy (non-hydrogen) atoms. The third-order valence-corrected chi connectivity index (χ3v) is 5.81. The van der Waals surface area contributed by atoms with E-state index in [-0.39, 0.29) is 29.8 Å². The van der Waals surface area contributed by atoms with Crippen molar-refractivity contribution in [1.82, 2.24) is 9.97 Å². The second-order valence-corrected chi connectivity index (χ2v) is 8.41. The molecule has 10 heteroatoms. The minimum atomic E-state index is -0.588. The van der Waals surface area contributed by atoms with E-state index in [2.05, 4.69) is 20.6 Å². The van der Waals surface area contributed by atoms with Crippen molar-refractivity contribution in [3.63, 3.8) is 0 Å². The van der Waals surface area contributed by atoms with Crippen LogP contribution in [-0.2, 0) is 4.79 Å². The first-order valence-corrected chi connectivity index (χ1v) is 11.2. The minimum Gasteiger partial charge on any atom is -0.402 e. The molecule has 1 heterocycles. The van der Waals surface area contributed by atoms with Gasteiger partial charge in [-0.05, 0) is 61.1 Å². The molecular formula is C25H27N7O3. The first-order chi connectivity index (χ1) is 16.9. The van der Waals surface area contributed by atoms with Gasteiger partial charge in [-0.25, -0.2) is 9.97 Å². The van der Waals surface area contributed by atoms with E-state index < -0.39 is 11.8 Å². The number of aromatic nitrogens is 2. The molecule has 0 saturated heterocycles. The van der Waals surface area contributed by atoms with E-state index in [1.807, 2.05) is 6.07 Å². The standard InChI is InChI=1S/C25H27N7O3/c26-19(14-7-8-14)12-20(27)25(35)31-16-4-1-3-15(11-16)21(9-10-33)32-24-18-6-2-5-17(23(28)34)22(18)29-13-30-24/h1-6,11-14,21,27,33H,7-10,26H2,(H2,28,34)(H,31,35)(H,29,30,32). The fourth-order valence-corrected chi connectivity index (χ4v) is 3.82. The number of primary amides is 1. The van der Waals surface area contributed by atoms with Gasteiger partial charge < -0.3 is 27.2 Å². The molecule has 1 unspecified atom stereocenters. The molecule has 1 fully saturated rings. The number of allylic oxidation sites excluding steroid dienone is 1. The van der Waals surface area contributed by atoms with E-state index in [9.17, 15) is 14.7 Å². The normalized spacial score (nSPS) is 14.4. The Morgan fingerprint density at radius 3 is 2.66 bits per heavy atom. The van der Waals surface area contributed by atoms with Crippen molar-refractivity contribution in [2.24, 2.45) is 17.4 Å². The molecule has 2 amide bonds. The third kappa shape index (κ3) is 5.61. The van der Waals surface area contributed by atoms with Crippen LogP contribution in [0.15, 0.2) is 60.6 Å². The Labute approximate surface area is 202 Å². The van der Waals surface area contributed by atoms with Crippen LogP contribution in [0.1, 0.15) is 41.2 Å². The van der Waals surface area contributed by atoms with Crippen LogP contribution < -0.4 is 22.1 Å². The highest BCUT2D eigenvalue weighted by Gasteiger charge is 2.25. The lowest BCUT2D eigenvalue weighted by molar-refractivity contribution is -0.110. The van der Waals surface area contributed by atoms with E-state index >= 15 is 0 Å². The molecule has 10 nitrogen and oxygen atoms in total. The number of para-hydroxylation sites is 1. The van der Waals surface area contributed by atoms with Crippen LogP contribution in [0.4, 0.5) is 11.5 Å². The highest BCUT2D eigenvalue weighted by atomic mass is 16.3. The smallest absolute Gasteiger partial charge is 0.273 e. The zero-order valence-electron chi connectivity index (χ0n) is 19.0. The Morgan fingerprint density at radius 1 is 1.17 bits per heavy atom. The molecule has 3 aromatic rings. The molecule has 0 spiro atoms. The van der Waals surface area contributed by atoms with Gasteiger partial charge >= 0.3 is 0 Å². The lowest BCUT2D eigenvalue weighted by atomic mass is 10.0. The van der Waals surface area contributed by atoms with Crippen molar-refractivity contribution < 1.29 is 14.7 Å². The van der Waals surface area contributed by atoms with Crippen LogP contribution in [0, 0.1) is 11.3 Å². The van der Waals surface area contributed by atoms with Crippen molar-refractivity contribution in [1.29, 1.82) is 5.41 Å². The van der Waals surface area contributed by atoms with Crippen LogP contribution in [0.25, 0.3) is 10.9 Å². The summed E-state index contributed by atoms with van der Waals surface area (Å²) in [6.07, 6.45) is 5.09. The fraction of sp³-hybridized carbons (Fsp3) is 0.240. The van der Waals surface area contributed by atoms with Crippen molar-refractivity contribution in [2.75, 3.05) is 17.2 Å². The highest BCUT2D eigenvalue weighted by molar-refractivity contribution is 6.46. The maximum Gasteiger partial charge on any atom is 0.273 e. The number of fused-ring (bicyclic) bond motifs is 1. The summed E-state index contributed by atoms with van der Waals surface area (Å²) in [5.41, 5.74) is 13.8. The Kier molecular flexibility index (Phi) is 7.02. The third-order valence-electron chi connectivity index (χ3n) is 5.81. The molecule has 2 aromatic carbocycles. The predicted molar refractivity (Wildman–Crippen MR) is 134 cm³/mol. The van der Waals surface area contributed by atoms with Crippen LogP contribution in [0.3, 0.4) is 0 Å². The highest BCUT2D eigenvalue weighted by Crippen LogP contribution is 2.33. The number of carbonyl (C=O) groups excluding carboxylic acids is 2. The van der Waals surface area contributed by atoms with Gasteiger partial charge in [-0.1, -0.05) is 18.2 Å². The van der Waals surface area contributed by atoms with Crippen molar-refractivity contribution in [2.45, 2.75) is 25.3 Å². The minimum absolute atomic E-state index is 0.0975. The Balaban J connectivity index is 1.56. The molecule has 1 aliphatic carbocycles. The lowest BCUT2D eigenvalue weighted by Crippen LogP contribution is -2.22. The predicted octanol–water partition coefficient (Wildman–Crippen LogP) is 2.48. The second kappa shape index (κ2) is 10.3. The zero-order valence-corrected chi connectivity index (χ0v) is 19.0. The quantitative estimate of drug-likeness (QED) is 0.245. The summed E-state index contributed by atoms with van der Waals surface area (Å²) in [5.74, 6) is -0.393. The van der Waals surface area contributed by atoms with Gasteiger partial charge in [0, 0.05) is 23.4 Å². The number of anilines is 2. The van der Waals surface area contributed by atoms with Crippen LogP contribution in [-0.4, -0.2) is 39.2 Å². The average Bonchev–Trinajstić information content (AvgIpc) is 3.69. The van der Waals surface area contributed by atoms with Gasteiger partial charge in [0.15, 0.2) is 0 Å². The summed E-state index contributed by atoms with van der Waals surface area (Å²) in [7, 11) is 0. The number of aliphatic hydroxyl groups is 1. The van der Waals surface area contributed by atoms with Crippen molar-refractivity contribution in [3.8, 4) is 0 Å².